The number of dihydropyridines is 1. The van der Waals surface area contributed by atoms with E-state index in [1.807, 2.05) is 20.0 Å². The maximum atomic E-state index is 13.4. The summed E-state index contributed by atoms with van der Waals surface area (Å²) in [6, 6.07) is 0.108. The highest BCUT2D eigenvalue weighted by atomic mass is 19.4. The van der Waals surface area contributed by atoms with E-state index in [4.69, 9.17) is 15.5 Å². The van der Waals surface area contributed by atoms with Gasteiger partial charge in [-0.1, -0.05) is 19.4 Å². The highest BCUT2D eigenvalue weighted by Crippen LogP contribution is 2.36. The van der Waals surface area contributed by atoms with E-state index in [-0.39, 0.29) is 36.4 Å². The van der Waals surface area contributed by atoms with Crippen LogP contribution in [0, 0.1) is 11.8 Å². The van der Waals surface area contributed by atoms with E-state index in [1.54, 1.807) is 0 Å². The molecule has 0 bridgehead atoms. The first-order chi connectivity index (χ1) is 17.5. The van der Waals surface area contributed by atoms with Gasteiger partial charge in [0.05, 0.1) is 25.3 Å². The Balaban J connectivity index is 1.73. The molecule has 3 rings (SSSR count). The van der Waals surface area contributed by atoms with Crippen molar-refractivity contribution in [2.24, 2.45) is 27.6 Å². The molecule has 2 heterocycles. The first-order valence-corrected chi connectivity index (χ1v) is 13.2. The molecule has 2 aliphatic heterocycles. The third-order valence-corrected chi connectivity index (χ3v) is 7.61. The maximum absolute atomic E-state index is 13.4. The number of carbonyl (C=O) groups is 1. The number of likely N-dealkylation sites (N-methyl/N-ethyl adjacent to an activating group) is 1. The predicted molar refractivity (Wildman–Crippen MR) is 139 cm³/mol. The molecule has 2 fully saturated rings. The van der Waals surface area contributed by atoms with Crippen LogP contribution in [-0.2, 0) is 9.53 Å². The zero-order valence-electron chi connectivity index (χ0n) is 22.3. The van der Waals surface area contributed by atoms with E-state index in [1.165, 1.54) is 6.20 Å². The van der Waals surface area contributed by atoms with Gasteiger partial charge in [-0.3, -0.25) is 14.7 Å². The van der Waals surface area contributed by atoms with Crippen molar-refractivity contribution in [3.8, 4) is 0 Å². The lowest BCUT2D eigenvalue weighted by molar-refractivity contribution is -0.127. The Hall–Kier alpha value is -2.40. The molecule has 0 aromatic rings. The molecule has 208 valence electrons. The Morgan fingerprint density at radius 2 is 2.05 bits per heavy atom. The third kappa shape index (κ3) is 7.56. The lowest BCUT2D eigenvalue weighted by Gasteiger charge is -2.39. The molecule has 0 aromatic carbocycles. The van der Waals surface area contributed by atoms with Crippen molar-refractivity contribution in [2.45, 2.75) is 70.8 Å². The highest BCUT2D eigenvalue weighted by Gasteiger charge is 2.38. The van der Waals surface area contributed by atoms with Crippen molar-refractivity contribution in [3.63, 3.8) is 0 Å². The lowest BCUT2D eigenvalue weighted by atomic mass is 9.74. The number of amides is 1. The Morgan fingerprint density at radius 3 is 2.68 bits per heavy atom. The zero-order valence-corrected chi connectivity index (χ0v) is 22.3. The second-order valence-electron chi connectivity index (χ2n) is 10.2. The molecule has 1 saturated carbocycles. The Kier molecular flexibility index (Phi) is 10.2. The largest absolute Gasteiger partial charge is 0.448 e. The van der Waals surface area contributed by atoms with Crippen LogP contribution < -0.4 is 11.1 Å². The monoisotopic (exact) mass is 526 g/mol. The van der Waals surface area contributed by atoms with Crippen molar-refractivity contribution >= 4 is 17.6 Å². The van der Waals surface area contributed by atoms with Crippen molar-refractivity contribution in [2.75, 3.05) is 39.9 Å². The van der Waals surface area contributed by atoms with Crippen LogP contribution in [0.4, 0.5) is 13.2 Å². The number of nitrogens with zero attached hydrogens (tertiary/aromatic N) is 4. The number of halogens is 3. The Labute approximate surface area is 217 Å². The number of carbonyl (C=O) groups excluding carboxylic acids is 1. The summed E-state index contributed by atoms with van der Waals surface area (Å²) >= 11 is 0. The molecule has 1 aliphatic carbocycles. The van der Waals surface area contributed by atoms with Crippen LogP contribution >= 0.6 is 0 Å². The maximum Gasteiger partial charge on any atom is 0.448 e. The van der Waals surface area contributed by atoms with Crippen LogP contribution in [0.5, 0.6) is 0 Å². The summed E-state index contributed by atoms with van der Waals surface area (Å²) in [5, 5.41) is 3.11. The van der Waals surface area contributed by atoms with E-state index in [0.717, 1.165) is 25.1 Å². The van der Waals surface area contributed by atoms with E-state index in [2.05, 4.69) is 40.0 Å². The van der Waals surface area contributed by atoms with Gasteiger partial charge in [0.2, 0.25) is 11.7 Å². The van der Waals surface area contributed by atoms with Gasteiger partial charge < -0.3 is 20.7 Å². The number of ether oxygens (including phenoxy) is 1. The minimum absolute atomic E-state index is 0.0391. The molecule has 1 saturated heterocycles. The van der Waals surface area contributed by atoms with Gasteiger partial charge in [0.1, 0.15) is 5.84 Å². The number of nitrogens with two attached hydrogens (primary N) is 1. The van der Waals surface area contributed by atoms with Gasteiger partial charge in [-0.2, -0.15) is 13.2 Å². The summed E-state index contributed by atoms with van der Waals surface area (Å²) in [5.41, 5.74) is 5.80. The molecule has 3 aliphatic rings. The molecular formula is C26H41F3N6O2. The van der Waals surface area contributed by atoms with Crippen LogP contribution in [0.1, 0.15) is 46.5 Å². The van der Waals surface area contributed by atoms with Crippen molar-refractivity contribution in [1.29, 1.82) is 0 Å². The molecule has 4 unspecified atom stereocenters. The number of rotatable bonds is 8. The Bertz CT molecular complexity index is 908. The van der Waals surface area contributed by atoms with Crippen LogP contribution in [0.3, 0.4) is 0 Å². The van der Waals surface area contributed by atoms with Gasteiger partial charge in [0.15, 0.2) is 0 Å². The van der Waals surface area contributed by atoms with Gasteiger partial charge in [0.25, 0.3) is 0 Å². The molecule has 11 heteroatoms. The minimum Gasteiger partial charge on any atom is -0.380 e. The number of hydrogen-bond donors (Lipinski definition) is 2. The van der Waals surface area contributed by atoms with Crippen LogP contribution in [0.2, 0.25) is 0 Å². The minimum atomic E-state index is -4.69. The smallest absolute Gasteiger partial charge is 0.380 e. The highest BCUT2D eigenvalue weighted by molar-refractivity contribution is 5.94. The van der Waals surface area contributed by atoms with Gasteiger partial charge in [0, 0.05) is 50.8 Å². The third-order valence-electron chi connectivity index (χ3n) is 7.61. The number of morpholine rings is 1. The number of fused-ring (bicyclic) bond motifs is 1. The molecule has 0 radical (unpaired) electrons. The van der Waals surface area contributed by atoms with Gasteiger partial charge >= 0.3 is 6.18 Å². The fourth-order valence-corrected chi connectivity index (χ4v) is 5.15. The number of alkyl halides is 3. The summed E-state index contributed by atoms with van der Waals surface area (Å²) in [4.78, 5) is 26.1. The first kappa shape index (κ1) is 29.2. The molecule has 0 aromatic heterocycles. The average Bonchev–Trinajstić information content (AvgIpc) is 2.88. The van der Waals surface area contributed by atoms with E-state index < -0.39 is 12.0 Å². The average molecular weight is 527 g/mol. The molecule has 37 heavy (non-hydrogen) atoms. The zero-order chi connectivity index (χ0) is 27.2. The molecule has 3 N–H and O–H groups in total. The van der Waals surface area contributed by atoms with Crippen LogP contribution in [-0.4, -0.2) is 91.6 Å². The van der Waals surface area contributed by atoms with Gasteiger partial charge in [-0.05, 0) is 44.8 Å². The van der Waals surface area contributed by atoms with E-state index in [0.29, 0.717) is 44.3 Å². The fraction of sp³-hybridized carbons (Fsp3) is 0.731. The quantitative estimate of drug-likeness (QED) is 0.374. The van der Waals surface area contributed by atoms with Crippen LogP contribution in [0.25, 0.3) is 0 Å². The number of amidine groups is 2. The summed E-state index contributed by atoms with van der Waals surface area (Å²) < 4.78 is 44.1. The predicted octanol–water partition coefficient (Wildman–Crippen LogP) is 3.11. The molecule has 8 nitrogen and oxygen atoms in total. The van der Waals surface area contributed by atoms with Crippen LogP contribution in [0.15, 0.2) is 33.9 Å². The number of aliphatic imine (C=N–C) groups is 2. The first-order valence-electron chi connectivity index (χ1n) is 13.2. The normalized spacial score (nSPS) is 26.5. The van der Waals surface area contributed by atoms with Gasteiger partial charge in [-0.25, -0.2) is 4.99 Å². The number of nitrogens with one attached hydrogen (secondary N) is 1. The number of hydrogen-bond acceptors (Lipinski definition) is 6. The Morgan fingerprint density at radius 1 is 1.35 bits per heavy atom. The summed E-state index contributed by atoms with van der Waals surface area (Å²) in [6.45, 7) is 8.67. The molecule has 1 amide bonds. The second kappa shape index (κ2) is 12.9. The van der Waals surface area contributed by atoms with E-state index >= 15 is 0 Å². The summed E-state index contributed by atoms with van der Waals surface area (Å²) in [5.74, 6) is -0.632. The van der Waals surface area contributed by atoms with Crippen molar-refractivity contribution < 1.29 is 22.7 Å². The van der Waals surface area contributed by atoms with Crippen molar-refractivity contribution in [3.05, 3.63) is 23.9 Å². The molecule has 4 atom stereocenters. The standard InChI is InChI=1S/C26H41F3N6O2/c1-5-18(15-32-25(30)26(27,28)29)22(35-11-13-37-14-12-35)16-31-24(36)20-7-6-8-21-19(20)9-10-23(33-21)34(4)17(2)3/h9-10,15,17,19-22H,5-8,11-14,16H2,1-4H3,(H2,30,32)(H,31,36)/b18-15+. The van der Waals surface area contributed by atoms with E-state index in [9.17, 15) is 18.0 Å². The summed E-state index contributed by atoms with van der Waals surface area (Å²) in [6.07, 6.45) is 3.80. The molecule has 0 spiro atoms. The topological polar surface area (TPSA) is 95.5 Å². The van der Waals surface area contributed by atoms with Gasteiger partial charge in [-0.15, -0.1) is 0 Å². The SMILES string of the molecule is CC/C(=C\N=C(N)C(F)(F)F)C(CNC(=O)C1CCCC2N=C(N(C)C(C)C)C=CC21)N1CCOCC1. The molecular weight excluding hydrogens is 485 g/mol. The lowest BCUT2D eigenvalue weighted by Crippen LogP contribution is -2.51. The fourth-order valence-electron chi connectivity index (χ4n) is 5.15. The van der Waals surface area contributed by atoms with Crippen molar-refractivity contribution in [1.82, 2.24) is 15.1 Å². The summed E-state index contributed by atoms with van der Waals surface area (Å²) in [7, 11) is 2.03. The second-order valence-corrected chi connectivity index (χ2v) is 10.2.